The summed E-state index contributed by atoms with van der Waals surface area (Å²) in [6, 6.07) is 16.7. The van der Waals surface area contributed by atoms with Gasteiger partial charge >= 0.3 is 12.3 Å². The van der Waals surface area contributed by atoms with E-state index in [4.69, 9.17) is 19.2 Å². The van der Waals surface area contributed by atoms with E-state index >= 15 is 0 Å². The van der Waals surface area contributed by atoms with Gasteiger partial charge in [-0.05, 0) is 88.8 Å². The molecule has 1 spiro atoms. The van der Waals surface area contributed by atoms with Crippen molar-refractivity contribution in [2.24, 2.45) is 5.92 Å². The zero-order valence-electron chi connectivity index (χ0n) is 30.7. The number of aromatic nitrogens is 1. The molecule has 1 aromatic heterocycles. The molecule has 0 unspecified atom stereocenters. The SMILES string of the molecule is CCOc1ccccc1-c1ccc2c(n1)CN(C[C@H]1CCCN1C(=O)OC(C)(C)C)C[C@]21CCN(c2cccc(OC)c2C(F)(F)F)C[C@H]1CC. The number of hydrogen-bond donors (Lipinski definition) is 0. The van der Waals surface area contributed by atoms with Gasteiger partial charge < -0.3 is 24.0 Å². The van der Waals surface area contributed by atoms with Gasteiger partial charge in [0.05, 0.1) is 30.8 Å². The Morgan fingerprint density at radius 3 is 2.47 bits per heavy atom. The van der Waals surface area contributed by atoms with Crippen molar-refractivity contribution in [2.75, 3.05) is 51.3 Å². The van der Waals surface area contributed by atoms with Crippen molar-refractivity contribution >= 4 is 11.8 Å². The molecule has 8 nitrogen and oxygen atoms in total. The van der Waals surface area contributed by atoms with Crippen molar-refractivity contribution in [2.45, 2.75) is 90.1 Å². The van der Waals surface area contributed by atoms with E-state index in [1.807, 2.05) is 61.8 Å². The van der Waals surface area contributed by atoms with E-state index in [9.17, 15) is 18.0 Å². The molecule has 4 heterocycles. The minimum absolute atomic E-state index is 0.00777. The second kappa shape index (κ2) is 14.6. The number of amides is 1. The quantitative estimate of drug-likeness (QED) is 0.232. The number of halogens is 3. The Morgan fingerprint density at radius 1 is 1.00 bits per heavy atom. The number of fused-ring (bicyclic) bond motifs is 2. The molecule has 6 rings (SSSR count). The van der Waals surface area contributed by atoms with Crippen molar-refractivity contribution in [1.82, 2.24) is 14.8 Å². The molecule has 3 aliphatic rings. The summed E-state index contributed by atoms with van der Waals surface area (Å²) in [7, 11) is 1.28. The summed E-state index contributed by atoms with van der Waals surface area (Å²) in [4.78, 5) is 24.8. The van der Waals surface area contributed by atoms with E-state index in [2.05, 4.69) is 24.0 Å². The summed E-state index contributed by atoms with van der Waals surface area (Å²) in [6.07, 6.45) is -1.63. The number of methoxy groups -OCH3 is 1. The summed E-state index contributed by atoms with van der Waals surface area (Å²) in [5.74, 6) is 0.638. The van der Waals surface area contributed by atoms with Gasteiger partial charge in [-0.1, -0.05) is 37.6 Å². The van der Waals surface area contributed by atoms with Crippen LogP contribution in [0.1, 0.15) is 77.1 Å². The molecule has 3 atom stereocenters. The molecule has 2 saturated heterocycles. The smallest absolute Gasteiger partial charge is 0.421 e. The van der Waals surface area contributed by atoms with E-state index in [1.54, 1.807) is 12.1 Å². The molecular weight excluding hydrogens is 657 g/mol. The Balaban J connectivity index is 1.38. The van der Waals surface area contributed by atoms with Crippen molar-refractivity contribution in [3.8, 4) is 22.8 Å². The fourth-order valence-electron chi connectivity index (χ4n) is 8.56. The highest BCUT2D eigenvalue weighted by molar-refractivity contribution is 5.69. The molecule has 11 heteroatoms. The third-order valence-electron chi connectivity index (χ3n) is 10.7. The number of carbonyl (C=O) groups is 1. The maximum Gasteiger partial charge on any atom is 0.421 e. The van der Waals surface area contributed by atoms with Gasteiger partial charge in [-0.15, -0.1) is 0 Å². The number of anilines is 1. The molecule has 276 valence electrons. The first kappa shape index (κ1) is 36.8. The zero-order chi connectivity index (χ0) is 36.6. The maximum atomic E-state index is 14.5. The summed E-state index contributed by atoms with van der Waals surface area (Å²) < 4.78 is 60.4. The average molecular weight is 709 g/mol. The van der Waals surface area contributed by atoms with Crippen LogP contribution in [0.4, 0.5) is 23.7 Å². The van der Waals surface area contributed by atoms with Crippen LogP contribution in [0.3, 0.4) is 0 Å². The van der Waals surface area contributed by atoms with Crippen LogP contribution in [0.25, 0.3) is 11.3 Å². The number of piperidine rings is 1. The number of hydrogen-bond acceptors (Lipinski definition) is 7. The number of para-hydroxylation sites is 1. The van der Waals surface area contributed by atoms with Crippen molar-refractivity contribution < 1.29 is 32.2 Å². The molecule has 1 amide bonds. The molecule has 3 aromatic rings. The lowest BCUT2D eigenvalue weighted by atomic mass is 9.62. The number of alkyl halides is 3. The van der Waals surface area contributed by atoms with Gasteiger partial charge in [0.15, 0.2) is 0 Å². The largest absolute Gasteiger partial charge is 0.496 e. The van der Waals surface area contributed by atoms with Gasteiger partial charge in [-0.3, -0.25) is 9.88 Å². The lowest BCUT2D eigenvalue weighted by Crippen LogP contribution is -2.59. The topological polar surface area (TPSA) is 67.4 Å². The molecule has 2 fully saturated rings. The van der Waals surface area contributed by atoms with Crippen molar-refractivity contribution in [1.29, 1.82) is 0 Å². The van der Waals surface area contributed by atoms with E-state index in [0.717, 1.165) is 48.5 Å². The molecule has 0 bridgehead atoms. The van der Waals surface area contributed by atoms with Crippen LogP contribution in [0.2, 0.25) is 0 Å². The van der Waals surface area contributed by atoms with Crippen LogP contribution in [0, 0.1) is 5.92 Å². The molecule has 0 aliphatic carbocycles. The highest BCUT2D eigenvalue weighted by atomic mass is 19.4. The number of carbonyl (C=O) groups excluding carboxylic acids is 1. The van der Waals surface area contributed by atoms with Gasteiger partial charge in [-0.25, -0.2) is 4.79 Å². The van der Waals surface area contributed by atoms with E-state index in [0.29, 0.717) is 45.8 Å². The lowest BCUT2D eigenvalue weighted by molar-refractivity contribution is -0.138. The van der Waals surface area contributed by atoms with Crippen LogP contribution >= 0.6 is 0 Å². The summed E-state index contributed by atoms with van der Waals surface area (Å²) >= 11 is 0. The van der Waals surface area contributed by atoms with E-state index in [-0.39, 0.29) is 34.9 Å². The zero-order valence-corrected chi connectivity index (χ0v) is 30.7. The first-order valence-corrected chi connectivity index (χ1v) is 18.2. The molecule has 3 aliphatic heterocycles. The molecule has 0 saturated carbocycles. The van der Waals surface area contributed by atoms with Crippen molar-refractivity contribution in [3.63, 3.8) is 0 Å². The number of ether oxygens (including phenoxy) is 3. The van der Waals surface area contributed by atoms with Crippen LogP contribution in [-0.4, -0.2) is 79.0 Å². The highest BCUT2D eigenvalue weighted by Gasteiger charge is 2.50. The third-order valence-corrected chi connectivity index (χ3v) is 10.7. The highest BCUT2D eigenvalue weighted by Crippen LogP contribution is 2.50. The van der Waals surface area contributed by atoms with Crippen molar-refractivity contribution in [3.05, 3.63) is 71.4 Å². The lowest BCUT2D eigenvalue weighted by Gasteiger charge is -2.54. The fraction of sp³-hybridized carbons (Fsp3) is 0.550. The fourth-order valence-corrected chi connectivity index (χ4v) is 8.56. The number of rotatable bonds is 8. The first-order chi connectivity index (χ1) is 24.3. The van der Waals surface area contributed by atoms with Gasteiger partial charge in [-0.2, -0.15) is 13.2 Å². The number of pyridine rings is 1. The standard InChI is InChI=1S/C40H51F3N4O4/c1-7-27-23-46(33-15-11-17-35(49-6)36(33)40(41,42)43)22-20-39(27)26-45(24-28-13-12-21-47(28)37(48)51-38(3,4)5)25-32-30(39)18-19-31(44-32)29-14-9-10-16-34(29)50-8-2/h9-11,14-19,27-28H,7-8,12-13,20-26H2,1-6H3/t27-,28-,39+/m1/s1. The third kappa shape index (κ3) is 7.50. The summed E-state index contributed by atoms with van der Waals surface area (Å²) in [5.41, 5.74) is 2.36. The maximum absolute atomic E-state index is 14.5. The Hall–Kier alpha value is -3.99. The van der Waals surface area contributed by atoms with Crippen LogP contribution in [0.5, 0.6) is 11.5 Å². The number of benzene rings is 2. The minimum Gasteiger partial charge on any atom is -0.496 e. The molecule has 0 N–H and O–H groups in total. The van der Waals surface area contributed by atoms with Gasteiger partial charge in [0, 0.05) is 56.3 Å². The van der Waals surface area contributed by atoms with Gasteiger partial charge in [0.2, 0.25) is 0 Å². The summed E-state index contributed by atoms with van der Waals surface area (Å²) in [5, 5.41) is 0. The Bertz CT molecular complexity index is 1710. The van der Waals surface area contributed by atoms with Gasteiger partial charge in [0.1, 0.15) is 22.7 Å². The van der Waals surface area contributed by atoms with Crippen LogP contribution < -0.4 is 14.4 Å². The number of likely N-dealkylation sites (tertiary alicyclic amines) is 1. The predicted molar refractivity (Wildman–Crippen MR) is 192 cm³/mol. The average Bonchev–Trinajstić information content (AvgIpc) is 3.55. The Labute approximate surface area is 299 Å². The summed E-state index contributed by atoms with van der Waals surface area (Å²) in [6.45, 7) is 13.8. The first-order valence-electron chi connectivity index (χ1n) is 18.2. The molecular formula is C40H51F3N4O4. The molecule has 2 aromatic carbocycles. The Kier molecular flexibility index (Phi) is 10.5. The second-order valence-electron chi connectivity index (χ2n) is 15.1. The second-order valence-corrected chi connectivity index (χ2v) is 15.1. The predicted octanol–water partition coefficient (Wildman–Crippen LogP) is 8.56. The van der Waals surface area contributed by atoms with Gasteiger partial charge in [0.25, 0.3) is 0 Å². The normalized spacial score (nSPS) is 22.6. The minimum atomic E-state index is -4.56. The van der Waals surface area contributed by atoms with Crippen LogP contribution in [0.15, 0.2) is 54.6 Å². The van der Waals surface area contributed by atoms with E-state index in [1.165, 1.54) is 18.7 Å². The van der Waals surface area contributed by atoms with Crippen LogP contribution in [-0.2, 0) is 22.9 Å². The molecule has 51 heavy (non-hydrogen) atoms. The molecule has 0 radical (unpaired) electrons. The number of nitrogens with zero attached hydrogens (tertiary/aromatic N) is 4. The Morgan fingerprint density at radius 2 is 1.76 bits per heavy atom. The van der Waals surface area contributed by atoms with E-state index < -0.39 is 17.3 Å². The monoisotopic (exact) mass is 708 g/mol.